The predicted octanol–water partition coefficient (Wildman–Crippen LogP) is 5.21. The van der Waals surface area contributed by atoms with E-state index in [2.05, 4.69) is 6.58 Å². The van der Waals surface area contributed by atoms with E-state index in [-0.39, 0.29) is 11.9 Å². The topological polar surface area (TPSA) is 29.5 Å². The molecule has 1 heterocycles. The molecule has 0 aromatic heterocycles. The van der Waals surface area contributed by atoms with Crippen LogP contribution in [0.15, 0.2) is 72.2 Å². The van der Waals surface area contributed by atoms with Crippen molar-refractivity contribution < 1.29 is 9.53 Å². The Morgan fingerprint density at radius 1 is 1.19 bits per heavy atom. The summed E-state index contributed by atoms with van der Waals surface area (Å²) < 4.78 is 6.06. The van der Waals surface area contributed by atoms with Crippen molar-refractivity contribution in [1.82, 2.24) is 4.90 Å². The van der Waals surface area contributed by atoms with Gasteiger partial charge in [-0.2, -0.15) is 0 Å². The zero-order chi connectivity index (χ0) is 18.5. The maximum atomic E-state index is 12.9. The molecule has 132 valence electrons. The van der Waals surface area contributed by atoms with Crippen LogP contribution in [0.5, 0.6) is 5.75 Å². The van der Waals surface area contributed by atoms with Crippen molar-refractivity contribution in [2.45, 2.75) is 13.0 Å². The number of carbonyl (C=O) groups excluding carboxylic acids is 1. The Kier molecular flexibility index (Phi) is 5.91. The summed E-state index contributed by atoms with van der Waals surface area (Å²) in [4.78, 5) is 15.2. The van der Waals surface area contributed by atoms with Crippen molar-refractivity contribution in [3.8, 4) is 5.75 Å². The maximum absolute atomic E-state index is 12.9. The third kappa shape index (κ3) is 4.06. The lowest BCUT2D eigenvalue weighted by atomic mass is 10.1. The summed E-state index contributed by atoms with van der Waals surface area (Å²) in [7, 11) is 0. The van der Waals surface area contributed by atoms with Crippen LogP contribution in [0.2, 0.25) is 0 Å². The first-order chi connectivity index (χ1) is 12.6. The van der Waals surface area contributed by atoms with Gasteiger partial charge in [0.05, 0.1) is 10.9 Å². The van der Waals surface area contributed by atoms with Gasteiger partial charge in [0.25, 0.3) is 5.91 Å². The Labute approximate surface area is 163 Å². The molecule has 3 nitrogen and oxygen atoms in total. The molecule has 1 saturated heterocycles. The zero-order valence-corrected chi connectivity index (χ0v) is 16.1. The summed E-state index contributed by atoms with van der Waals surface area (Å²) in [5.74, 6) is 0.718. The van der Waals surface area contributed by atoms with Crippen LogP contribution in [-0.2, 0) is 4.79 Å². The van der Waals surface area contributed by atoms with E-state index in [1.807, 2.05) is 67.6 Å². The summed E-state index contributed by atoms with van der Waals surface area (Å²) in [5.41, 5.74) is 2.00. The molecule has 0 N–H and O–H groups in total. The van der Waals surface area contributed by atoms with Gasteiger partial charge < -0.3 is 4.74 Å². The third-order valence-corrected chi connectivity index (χ3v) is 5.37. The fourth-order valence-electron chi connectivity index (χ4n) is 2.66. The number of ether oxygens (including phenoxy) is 1. The minimum absolute atomic E-state index is 0.0525. The van der Waals surface area contributed by atoms with Crippen molar-refractivity contribution in [3.05, 3.63) is 83.3 Å². The second-order valence-electron chi connectivity index (χ2n) is 5.81. The van der Waals surface area contributed by atoms with Gasteiger partial charge in [-0.05, 0) is 36.3 Å². The molecular weight excluding hydrogens is 362 g/mol. The molecule has 0 aliphatic carbocycles. The van der Waals surface area contributed by atoms with Gasteiger partial charge in [-0.15, -0.1) is 0 Å². The van der Waals surface area contributed by atoms with Crippen LogP contribution in [0, 0.1) is 0 Å². The van der Waals surface area contributed by atoms with Gasteiger partial charge in [-0.25, -0.2) is 0 Å². The first-order valence-electron chi connectivity index (χ1n) is 8.26. The van der Waals surface area contributed by atoms with E-state index in [1.165, 1.54) is 11.8 Å². The second-order valence-corrected chi connectivity index (χ2v) is 7.48. The fourth-order valence-corrected chi connectivity index (χ4v) is 4.08. The molecule has 5 heteroatoms. The summed E-state index contributed by atoms with van der Waals surface area (Å²) in [5, 5.41) is 0. The van der Waals surface area contributed by atoms with Crippen molar-refractivity contribution in [1.29, 1.82) is 0 Å². The number of amides is 1. The lowest BCUT2D eigenvalue weighted by molar-refractivity contribution is -0.123. The number of hydrogen-bond donors (Lipinski definition) is 0. The summed E-state index contributed by atoms with van der Waals surface area (Å²) >= 11 is 6.80. The van der Waals surface area contributed by atoms with Crippen LogP contribution in [0.3, 0.4) is 0 Å². The average molecular weight is 382 g/mol. The minimum Gasteiger partial charge on any atom is -0.490 e. The van der Waals surface area contributed by atoms with Crippen molar-refractivity contribution in [2.75, 3.05) is 6.61 Å². The molecule has 2 aromatic carbocycles. The highest BCUT2D eigenvalue weighted by atomic mass is 32.2. The Balaban J connectivity index is 1.77. The highest BCUT2D eigenvalue weighted by Gasteiger charge is 2.35. The summed E-state index contributed by atoms with van der Waals surface area (Å²) in [6.45, 7) is 6.09. The third-order valence-electron chi connectivity index (χ3n) is 4.04. The quantitative estimate of drug-likeness (QED) is 0.390. The van der Waals surface area contributed by atoms with Crippen molar-refractivity contribution in [3.63, 3.8) is 0 Å². The molecule has 3 rings (SSSR count). The minimum atomic E-state index is -0.0933. The van der Waals surface area contributed by atoms with E-state index >= 15 is 0 Å². The van der Waals surface area contributed by atoms with Crippen molar-refractivity contribution in [2.24, 2.45) is 0 Å². The van der Waals surface area contributed by atoms with E-state index in [9.17, 15) is 4.79 Å². The van der Waals surface area contributed by atoms with Gasteiger partial charge in [0.1, 0.15) is 16.7 Å². The lowest BCUT2D eigenvalue weighted by Crippen LogP contribution is -2.30. The van der Waals surface area contributed by atoms with Crippen LogP contribution < -0.4 is 4.74 Å². The molecule has 1 aliphatic heterocycles. The second kappa shape index (κ2) is 8.34. The van der Waals surface area contributed by atoms with Gasteiger partial charge in [0.15, 0.2) is 0 Å². The normalized spacial score (nSPS) is 16.8. The lowest BCUT2D eigenvalue weighted by Gasteiger charge is -2.23. The molecule has 26 heavy (non-hydrogen) atoms. The predicted molar refractivity (Wildman–Crippen MR) is 112 cm³/mol. The van der Waals surface area contributed by atoms with Gasteiger partial charge in [0.2, 0.25) is 0 Å². The Bertz CT molecular complexity index is 844. The molecule has 0 saturated carbocycles. The molecule has 1 amide bonds. The van der Waals surface area contributed by atoms with Crippen molar-refractivity contribution >= 4 is 40.3 Å². The maximum Gasteiger partial charge on any atom is 0.266 e. The van der Waals surface area contributed by atoms with Crippen LogP contribution in [-0.4, -0.2) is 21.7 Å². The monoisotopic (exact) mass is 381 g/mol. The number of nitrogens with zero attached hydrogens (tertiary/aromatic N) is 1. The van der Waals surface area contributed by atoms with Gasteiger partial charge in [0, 0.05) is 0 Å². The van der Waals surface area contributed by atoms with Crippen LogP contribution in [0.1, 0.15) is 24.1 Å². The summed E-state index contributed by atoms with van der Waals surface area (Å²) in [6.07, 6.45) is 3.57. The highest BCUT2D eigenvalue weighted by molar-refractivity contribution is 8.26. The molecule has 1 fully saturated rings. The van der Waals surface area contributed by atoms with E-state index in [0.29, 0.717) is 15.8 Å². The Hall–Kier alpha value is -2.37. The van der Waals surface area contributed by atoms with Gasteiger partial charge in [-0.1, -0.05) is 79.1 Å². The molecular formula is C21H19NO2S2. The molecule has 0 radical (unpaired) electrons. The van der Waals surface area contributed by atoms with Crippen LogP contribution in [0.4, 0.5) is 0 Å². The van der Waals surface area contributed by atoms with Gasteiger partial charge in [-0.3, -0.25) is 9.69 Å². The number of hydrogen-bond acceptors (Lipinski definition) is 4. The molecule has 0 spiro atoms. The first kappa shape index (κ1) is 18.4. The summed E-state index contributed by atoms with van der Waals surface area (Å²) in [6, 6.07) is 17.4. The molecule has 2 aromatic rings. The zero-order valence-electron chi connectivity index (χ0n) is 14.4. The van der Waals surface area contributed by atoms with E-state index < -0.39 is 0 Å². The standard InChI is InChI=1S/C21H19NO2S2/c1-3-13-24-18-11-9-16(10-12-18)14-19-20(23)22(21(25)26-19)15(2)17-7-5-4-6-8-17/h3-12,14-15H,1,13H2,2H3/t15-/m1/s1. The molecule has 0 unspecified atom stereocenters. The Morgan fingerprint density at radius 2 is 1.88 bits per heavy atom. The number of carbonyl (C=O) groups is 1. The number of thioether (sulfide) groups is 1. The van der Waals surface area contributed by atoms with Crippen LogP contribution >= 0.6 is 24.0 Å². The largest absolute Gasteiger partial charge is 0.490 e. The molecule has 1 aliphatic rings. The number of thiocarbonyl (C=S) groups is 1. The van der Waals surface area contributed by atoms with E-state index in [0.717, 1.165) is 16.9 Å². The fraction of sp³-hybridized carbons (Fsp3) is 0.143. The molecule has 1 atom stereocenters. The van der Waals surface area contributed by atoms with Crippen LogP contribution in [0.25, 0.3) is 6.08 Å². The molecule has 0 bridgehead atoms. The number of benzene rings is 2. The van der Waals surface area contributed by atoms with Gasteiger partial charge >= 0.3 is 0 Å². The van der Waals surface area contributed by atoms with E-state index in [1.54, 1.807) is 11.0 Å². The average Bonchev–Trinajstić information content (AvgIpc) is 2.94. The Morgan fingerprint density at radius 3 is 2.54 bits per heavy atom. The smallest absolute Gasteiger partial charge is 0.266 e. The van der Waals surface area contributed by atoms with E-state index in [4.69, 9.17) is 17.0 Å². The number of rotatable bonds is 6. The first-order valence-corrected chi connectivity index (χ1v) is 9.48. The SMILES string of the molecule is C=CCOc1ccc(C=C2SC(=S)N([C@H](C)c3ccccc3)C2=O)cc1. The highest BCUT2D eigenvalue weighted by Crippen LogP contribution is 2.38.